The van der Waals surface area contributed by atoms with Crippen molar-refractivity contribution in [3.8, 4) is 0 Å². The average Bonchev–Trinajstić information content (AvgIpc) is 2.95. The van der Waals surface area contributed by atoms with Crippen LogP contribution >= 0.6 is 11.3 Å². The van der Waals surface area contributed by atoms with Gasteiger partial charge in [-0.2, -0.15) is 0 Å². The van der Waals surface area contributed by atoms with Gasteiger partial charge in [-0.05, 0) is 41.3 Å². The third kappa shape index (κ3) is 4.46. The van der Waals surface area contributed by atoms with Crippen molar-refractivity contribution in [1.82, 2.24) is 5.32 Å². The number of hydrogen-bond donors (Lipinski definition) is 1. The SMILES string of the molecule is CCC(NCc1ccc(CC(C)C)cc1)c1cccs1. The number of rotatable bonds is 7. The van der Waals surface area contributed by atoms with Crippen LogP contribution < -0.4 is 5.32 Å². The van der Waals surface area contributed by atoms with Crippen molar-refractivity contribution in [3.63, 3.8) is 0 Å². The van der Waals surface area contributed by atoms with Gasteiger partial charge < -0.3 is 5.32 Å². The second-order valence-corrected chi connectivity index (χ2v) is 6.75. The van der Waals surface area contributed by atoms with Crippen LogP contribution in [0, 0.1) is 5.92 Å². The summed E-state index contributed by atoms with van der Waals surface area (Å²) < 4.78 is 0. The molecule has 0 aliphatic rings. The minimum Gasteiger partial charge on any atom is -0.305 e. The molecule has 2 heteroatoms. The Labute approximate surface area is 127 Å². The molecule has 1 heterocycles. The number of hydrogen-bond acceptors (Lipinski definition) is 2. The molecule has 1 atom stereocenters. The van der Waals surface area contributed by atoms with Crippen molar-refractivity contribution in [3.05, 3.63) is 57.8 Å². The van der Waals surface area contributed by atoms with E-state index >= 15 is 0 Å². The van der Waals surface area contributed by atoms with Crippen LogP contribution in [0.2, 0.25) is 0 Å². The molecule has 0 saturated heterocycles. The number of nitrogens with one attached hydrogen (secondary N) is 1. The van der Waals surface area contributed by atoms with E-state index in [9.17, 15) is 0 Å². The monoisotopic (exact) mass is 287 g/mol. The second-order valence-electron chi connectivity index (χ2n) is 5.77. The Hall–Kier alpha value is -1.12. The Morgan fingerprint density at radius 1 is 1.05 bits per heavy atom. The van der Waals surface area contributed by atoms with Gasteiger partial charge in [-0.25, -0.2) is 0 Å². The number of thiophene rings is 1. The molecule has 0 bridgehead atoms. The normalized spacial score (nSPS) is 12.8. The van der Waals surface area contributed by atoms with Gasteiger partial charge in [0.1, 0.15) is 0 Å². The summed E-state index contributed by atoms with van der Waals surface area (Å²) in [7, 11) is 0. The Bertz CT molecular complexity index is 485. The highest BCUT2D eigenvalue weighted by Crippen LogP contribution is 2.22. The smallest absolute Gasteiger partial charge is 0.0414 e. The van der Waals surface area contributed by atoms with Crippen LogP contribution in [-0.4, -0.2) is 0 Å². The van der Waals surface area contributed by atoms with E-state index in [1.807, 2.05) is 11.3 Å². The first-order valence-electron chi connectivity index (χ1n) is 7.53. The molecular formula is C18H25NS. The molecule has 0 amide bonds. The van der Waals surface area contributed by atoms with Gasteiger partial charge in [0.15, 0.2) is 0 Å². The first-order valence-corrected chi connectivity index (χ1v) is 8.41. The van der Waals surface area contributed by atoms with Crippen LogP contribution in [0.4, 0.5) is 0 Å². The van der Waals surface area contributed by atoms with Crippen molar-refractivity contribution >= 4 is 11.3 Å². The summed E-state index contributed by atoms with van der Waals surface area (Å²) >= 11 is 1.84. The quantitative estimate of drug-likeness (QED) is 0.739. The third-order valence-electron chi connectivity index (χ3n) is 3.51. The fourth-order valence-electron chi connectivity index (χ4n) is 2.44. The predicted octanol–water partition coefficient (Wildman–Crippen LogP) is 5.19. The summed E-state index contributed by atoms with van der Waals surface area (Å²) in [6.45, 7) is 7.71. The highest BCUT2D eigenvalue weighted by Gasteiger charge is 2.09. The maximum Gasteiger partial charge on any atom is 0.0414 e. The van der Waals surface area contributed by atoms with E-state index in [0.717, 1.165) is 18.9 Å². The minimum atomic E-state index is 0.477. The van der Waals surface area contributed by atoms with Crippen molar-refractivity contribution in [2.45, 2.75) is 46.2 Å². The lowest BCUT2D eigenvalue weighted by molar-refractivity contribution is 0.526. The molecule has 0 fully saturated rings. The van der Waals surface area contributed by atoms with E-state index in [0.29, 0.717) is 6.04 Å². The maximum atomic E-state index is 3.66. The molecule has 2 rings (SSSR count). The molecule has 0 radical (unpaired) electrons. The molecule has 0 spiro atoms. The van der Waals surface area contributed by atoms with Crippen LogP contribution in [0.25, 0.3) is 0 Å². The first-order chi connectivity index (χ1) is 9.69. The standard InChI is InChI=1S/C18H25NS/c1-4-17(18-6-5-11-20-18)19-13-16-9-7-15(8-10-16)12-14(2)3/h5-11,14,17,19H,4,12-13H2,1-3H3. The van der Waals surface area contributed by atoms with Gasteiger partial charge in [-0.3, -0.25) is 0 Å². The van der Waals surface area contributed by atoms with Gasteiger partial charge in [0.25, 0.3) is 0 Å². The van der Waals surface area contributed by atoms with Gasteiger partial charge in [0, 0.05) is 17.5 Å². The highest BCUT2D eigenvalue weighted by atomic mass is 32.1. The zero-order valence-corrected chi connectivity index (χ0v) is 13.5. The zero-order chi connectivity index (χ0) is 14.4. The molecule has 1 aromatic carbocycles. The minimum absolute atomic E-state index is 0.477. The molecule has 20 heavy (non-hydrogen) atoms. The van der Waals surface area contributed by atoms with Gasteiger partial charge in [-0.15, -0.1) is 11.3 Å². The summed E-state index contributed by atoms with van der Waals surface area (Å²) in [4.78, 5) is 1.43. The van der Waals surface area contributed by atoms with Crippen LogP contribution in [0.5, 0.6) is 0 Å². The zero-order valence-electron chi connectivity index (χ0n) is 12.7. The summed E-state index contributed by atoms with van der Waals surface area (Å²) in [5, 5.41) is 5.81. The molecule has 1 N–H and O–H groups in total. The molecule has 1 aromatic heterocycles. The Balaban J connectivity index is 1.90. The molecule has 108 valence electrons. The third-order valence-corrected chi connectivity index (χ3v) is 4.50. The van der Waals surface area contributed by atoms with Crippen molar-refractivity contribution in [2.24, 2.45) is 5.92 Å². The van der Waals surface area contributed by atoms with E-state index in [4.69, 9.17) is 0 Å². The fraction of sp³-hybridized carbons (Fsp3) is 0.444. The summed E-state index contributed by atoms with van der Waals surface area (Å²) in [5.41, 5.74) is 2.81. The van der Waals surface area contributed by atoms with E-state index < -0.39 is 0 Å². The van der Waals surface area contributed by atoms with Crippen molar-refractivity contribution < 1.29 is 0 Å². The topological polar surface area (TPSA) is 12.0 Å². The predicted molar refractivity (Wildman–Crippen MR) is 89.2 cm³/mol. The van der Waals surface area contributed by atoms with E-state index in [1.165, 1.54) is 22.4 Å². The number of benzene rings is 1. The van der Waals surface area contributed by atoms with E-state index in [1.54, 1.807) is 0 Å². The largest absolute Gasteiger partial charge is 0.305 e. The van der Waals surface area contributed by atoms with Crippen LogP contribution in [0.1, 0.15) is 49.2 Å². The molecule has 2 aromatic rings. The summed E-state index contributed by atoms with van der Waals surface area (Å²) in [5.74, 6) is 0.724. The van der Waals surface area contributed by atoms with Gasteiger partial charge >= 0.3 is 0 Å². The van der Waals surface area contributed by atoms with Crippen molar-refractivity contribution in [2.75, 3.05) is 0 Å². The lowest BCUT2D eigenvalue weighted by Crippen LogP contribution is -2.19. The Morgan fingerprint density at radius 2 is 1.75 bits per heavy atom. The second kappa shape index (κ2) is 7.61. The molecule has 1 unspecified atom stereocenters. The average molecular weight is 287 g/mol. The fourth-order valence-corrected chi connectivity index (χ4v) is 3.33. The molecule has 0 aliphatic heterocycles. The van der Waals surface area contributed by atoms with Gasteiger partial charge in [0.05, 0.1) is 0 Å². The molecule has 0 saturated carbocycles. The van der Waals surface area contributed by atoms with E-state index in [-0.39, 0.29) is 0 Å². The highest BCUT2D eigenvalue weighted by molar-refractivity contribution is 7.10. The van der Waals surface area contributed by atoms with Crippen molar-refractivity contribution in [1.29, 1.82) is 0 Å². The lowest BCUT2D eigenvalue weighted by atomic mass is 10.0. The first kappa shape index (κ1) is 15.3. The molecule has 1 nitrogen and oxygen atoms in total. The van der Waals surface area contributed by atoms with E-state index in [2.05, 4.69) is 67.9 Å². The Morgan fingerprint density at radius 3 is 2.30 bits per heavy atom. The molecule has 0 aliphatic carbocycles. The Kier molecular flexibility index (Phi) is 5.81. The van der Waals surface area contributed by atoms with Crippen LogP contribution in [0.15, 0.2) is 41.8 Å². The van der Waals surface area contributed by atoms with Crippen LogP contribution in [0.3, 0.4) is 0 Å². The van der Waals surface area contributed by atoms with Gasteiger partial charge in [-0.1, -0.05) is 51.1 Å². The lowest BCUT2D eigenvalue weighted by Gasteiger charge is -2.15. The summed E-state index contributed by atoms with van der Waals surface area (Å²) in [6.07, 6.45) is 2.30. The maximum absolute atomic E-state index is 3.66. The summed E-state index contributed by atoms with van der Waals surface area (Å²) in [6, 6.07) is 13.9. The van der Waals surface area contributed by atoms with Crippen LogP contribution in [-0.2, 0) is 13.0 Å². The molecular weight excluding hydrogens is 262 g/mol. The van der Waals surface area contributed by atoms with Gasteiger partial charge in [0.2, 0.25) is 0 Å².